The molecule has 182 valence electrons. The second-order valence-corrected chi connectivity index (χ2v) is 9.65. The second kappa shape index (κ2) is 13.2. The van der Waals surface area contributed by atoms with E-state index in [9.17, 15) is 14.4 Å². The minimum absolute atomic E-state index is 0.0354. The van der Waals surface area contributed by atoms with Crippen LogP contribution in [-0.4, -0.2) is 24.4 Å². The van der Waals surface area contributed by atoms with Gasteiger partial charge in [-0.1, -0.05) is 41.0 Å². The van der Waals surface area contributed by atoms with E-state index in [4.69, 9.17) is 27.9 Å². The number of hydrogen-bond donors (Lipinski definition) is 2. The molecule has 2 N–H and O–H groups in total. The van der Waals surface area contributed by atoms with Gasteiger partial charge in [-0.2, -0.15) is 0 Å². The van der Waals surface area contributed by atoms with Crippen LogP contribution in [-0.2, 0) is 19.1 Å². The molecular weight excluding hydrogens is 507 g/mol. The molecule has 0 bridgehead atoms. The third-order valence-electron chi connectivity index (χ3n) is 4.79. The molecule has 3 rings (SSSR count). The molecule has 35 heavy (non-hydrogen) atoms. The summed E-state index contributed by atoms with van der Waals surface area (Å²) in [5.74, 6) is -1.21. The maximum absolute atomic E-state index is 12.2. The Labute approximate surface area is 218 Å². The molecule has 0 radical (unpaired) electrons. The van der Waals surface area contributed by atoms with E-state index in [2.05, 4.69) is 10.6 Å². The topological polar surface area (TPSA) is 84.5 Å². The van der Waals surface area contributed by atoms with E-state index in [0.29, 0.717) is 27.8 Å². The Hall–Kier alpha value is -3.00. The molecule has 0 aromatic heterocycles. The minimum atomic E-state index is -0.543. The number of benzene rings is 3. The summed E-state index contributed by atoms with van der Waals surface area (Å²) in [6, 6.07) is 20.2. The fourth-order valence-electron chi connectivity index (χ4n) is 2.95. The van der Waals surface area contributed by atoms with E-state index in [0.717, 1.165) is 15.4 Å². The summed E-state index contributed by atoms with van der Waals surface area (Å²) in [5, 5.41) is 6.65. The van der Waals surface area contributed by atoms with Crippen LogP contribution in [0, 0.1) is 6.92 Å². The highest BCUT2D eigenvalue weighted by Crippen LogP contribution is 2.29. The van der Waals surface area contributed by atoms with Crippen LogP contribution < -0.4 is 10.6 Å². The Balaban J connectivity index is 1.32. The van der Waals surface area contributed by atoms with Crippen molar-refractivity contribution in [1.29, 1.82) is 0 Å². The lowest BCUT2D eigenvalue weighted by atomic mass is 10.2. The van der Waals surface area contributed by atoms with Crippen molar-refractivity contribution in [2.75, 3.05) is 17.2 Å². The van der Waals surface area contributed by atoms with Gasteiger partial charge in [-0.3, -0.25) is 14.4 Å². The molecule has 3 aromatic rings. The lowest BCUT2D eigenvalue weighted by Crippen LogP contribution is -2.21. The highest BCUT2D eigenvalue weighted by Gasteiger charge is 2.10. The molecule has 0 aliphatic heterocycles. The van der Waals surface area contributed by atoms with Crippen molar-refractivity contribution < 1.29 is 19.1 Å². The molecule has 0 fully saturated rings. The third-order valence-corrected chi connectivity index (χ3v) is 6.47. The average molecular weight is 531 g/mol. The normalized spacial score (nSPS) is 10.5. The minimum Gasteiger partial charge on any atom is -0.456 e. The van der Waals surface area contributed by atoms with Crippen molar-refractivity contribution in [2.45, 2.75) is 36.0 Å². The summed E-state index contributed by atoms with van der Waals surface area (Å²) < 4.78 is 4.97. The molecule has 3 aromatic carbocycles. The highest BCUT2D eigenvalue weighted by atomic mass is 35.5. The molecule has 0 aliphatic carbocycles. The highest BCUT2D eigenvalue weighted by molar-refractivity contribution is 7.99. The van der Waals surface area contributed by atoms with E-state index in [1.54, 1.807) is 30.0 Å². The summed E-state index contributed by atoms with van der Waals surface area (Å²) >= 11 is 13.5. The molecule has 0 atom stereocenters. The zero-order valence-electron chi connectivity index (χ0n) is 19.0. The Morgan fingerprint density at radius 3 is 2.06 bits per heavy atom. The van der Waals surface area contributed by atoms with Crippen LogP contribution >= 0.6 is 35.0 Å². The first-order valence-corrected chi connectivity index (χ1v) is 12.4. The summed E-state index contributed by atoms with van der Waals surface area (Å²) in [4.78, 5) is 38.1. The number of nitrogens with one attached hydrogen (secondary N) is 2. The zero-order chi connectivity index (χ0) is 25.2. The Morgan fingerprint density at radius 2 is 1.40 bits per heavy atom. The molecule has 0 unspecified atom stereocenters. The zero-order valence-corrected chi connectivity index (χ0v) is 21.3. The lowest BCUT2D eigenvalue weighted by Gasteiger charge is -2.08. The van der Waals surface area contributed by atoms with Gasteiger partial charge in [-0.05, 0) is 79.6 Å². The quantitative estimate of drug-likeness (QED) is 0.283. The van der Waals surface area contributed by atoms with Crippen molar-refractivity contribution in [3.05, 3.63) is 82.3 Å². The second-order valence-electron chi connectivity index (χ2n) is 7.65. The summed E-state index contributed by atoms with van der Waals surface area (Å²) in [6.07, 6.45) is 0.503. The van der Waals surface area contributed by atoms with Gasteiger partial charge in [0.05, 0.1) is 0 Å². The van der Waals surface area contributed by atoms with Crippen molar-refractivity contribution in [3.63, 3.8) is 0 Å². The van der Waals surface area contributed by atoms with Crippen LogP contribution in [0.2, 0.25) is 10.0 Å². The van der Waals surface area contributed by atoms with Gasteiger partial charge in [0.25, 0.3) is 5.91 Å². The number of hydrogen-bond acceptors (Lipinski definition) is 5. The van der Waals surface area contributed by atoms with E-state index < -0.39 is 18.5 Å². The van der Waals surface area contributed by atoms with Gasteiger partial charge in [-0.15, -0.1) is 0 Å². The van der Waals surface area contributed by atoms with Gasteiger partial charge in [0.2, 0.25) is 5.91 Å². The maximum Gasteiger partial charge on any atom is 0.306 e. The third kappa shape index (κ3) is 9.28. The number of halogens is 2. The van der Waals surface area contributed by atoms with Gasteiger partial charge in [-0.25, -0.2) is 0 Å². The smallest absolute Gasteiger partial charge is 0.306 e. The van der Waals surface area contributed by atoms with Crippen LogP contribution in [0.4, 0.5) is 11.4 Å². The molecule has 9 heteroatoms. The monoisotopic (exact) mass is 530 g/mol. The number of amides is 2. The number of ether oxygens (including phenoxy) is 1. The summed E-state index contributed by atoms with van der Waals surface area (Å²) in [5.41, 5.74) is 2.09. The van der Waals surface area contributed by atoms with Crippen LogP contribution in [0.1, 0.15) is 24.8 Å². The standard InChI is InChI=1S/C26H24Cl2N2O4S/c1-17-5-8-20(15-23(17)28)30-25(32)16-34-26(33)4-2-3-24(31)29-19-9-13-22(14-10-19)35-21-11-6-18(27)7-12-21/h5-15H,2-4,16H2,1H3,(H,29,31)(H,30,32). The number of anilines is 2. The molecular formula is C26H24Cl2N2O4S. The molecule has 2 amide bonds. The van der Waals surface area contributed by atoms with Crippen molar-refractivity contribution in [2.24, 2.45) is 0 Å². The predicted octanol–water partition coefficient (Wildman–Crippen LogP) is 6.74. The first-order valence-electron chi connectivity index (χ1n) is 10.8. The molecule has 0 heterocycles. The SMILES string of the molecule is Cc1ccc(NC(=O)COC(=O)CCCC(=O)Nc2ccc(Sc3ccc(Cl)cc3)cc2)cc1Cl. The Bertz CT molecular complexity index is 1180. The van der Waals surface area contributed by atoms with Crippen LogP contribution in [0.25, 0.3) is 0 Å². The lowest BCUT2D eigenvalue weighted by molar-refractivity contribution is -0.147. The molecule has 0 spiro atoms. The Kier molecular flexibility index (Phi) is 10.0. The van der Waals surface area contributed by atoms with Gasteiger partial charge >= 0.3 is 5.97 Å². The number of rotatable bonds is 10. The van der Waals surface area contributed by atoms with Crippen LogP contribution in [0.5, 0.6) is 0 Å². The summed E-state index contributed by atoms with van der Waals surface area (Å²) in [6.45, 7) is 1.45. The number of carbonyl (C=O) groups excluding carboxylic acids is 3. The fraction of sp³-hybridized carbons (Fsp3) is 0.192. The number of esters is 1. The largest absolute Gasteiger partial charge is 0.456 e. The maximum atomic E-state index is 12.2. The van der Waals surface area contributed by atoms with Crippen LogP contribution in [0.15, 0.2) is 76.5 Å². The first-order chi connectivity index (χ1) is 16.8. The van der Waals surface area contributed by atoms with Gasteiger partial charge in [0, 0.05) is 44.1 Å². The molecule has 0 aliphatic rings. The molecule has 6 nitrogen and oxygen atoms in total. The number of aryl methyl sites for hydroxylation is 1. The molecule has 0 saturated heterocycles. The summed E-state index contributed by atoms with van der Waals surface area (Å²) in [7, 11) is 0. The van der Waals surface area contributed by atoms with E-state index in [1.165, 1.54) is 0 Å². The first kappa shape index (κ1) is 26.6. The fourth-order valence-corrected chi connectivity index (χ4v) is 4.07. The number of carbonyl (C=O) groups is 3. The van der Waals surface area contributed by atoms with Crippen molar-refractivity contribution in [1.82, 2.24) is 0 Å². The van der Waals surface area contributed by atoms with Crippen molar-refractivity contribution >= 4 is 64.1 Å². The van der Waals surface area contributed by atoms with E-state index in [-0.39, 0.29) is 18.7 Å². The molecule has 0 saturated carbocycles. The van der Waals surface area contributed by atoms with E-state index in [1.807, 2.05) is 55.5 Å². The van der Waals surface area contributed by atoms with Gasteiger partial charge in [0.1, 0.15) is 0 Å². The average Bonchev–Trinajstić information content (AvgIpc) is 2.83. The van der Waals surface area contributed by atoms with E-state index >= 15 is 0 Å². The van der Waals surface area contributed by atoms with Gasteiger partial charge < -0.3 is 15.4 Å². The van der Waals surface area contributed by atoms with Gasteiger partial charge in [0.15, 0.2) is 6.61 Å². The van der Waals surface area contributed by atoms with Crippen molar-refractivity contribution in [3.8, 4) is 0 Å². The predicted molar refractivity (Wildman–Crippen MR) is 140 cm³/mol. The van der Waals surface area contributed by atoms with Crippen LogP contribution in [0.3, 0.4) is 0 Å². The Morgan fingerprint density at radius 1 is 0.800 bits per heavy atom.